The smallest absolute Gasteiger partial charge is 0.311 e. The van der Waals surface area contributed by atoms with E-state index < -0.39 is 6.37 Å². The normalized spacial score (nSPS) is 17.9. The third-order valence-electron chi connectivity index (χ3n) is 7.07. The molecule has 1 fully saturated rings. The van der Waals surface area contributed by atoms with Crippen LogP contribution in [0.5, 0.6) is 5.75 Å². The van der Waals surface area contributed by atoms with Gasteiger partial charge >= 0.3 is 5.97 Å². The third kappa shape index (κ3) is 9.61. The van der Waals surface area contributed by atoms with Crippen molar-refractivity contribution in [3.05, 3.63) is 54.3 Å². The number of nitrogens with one attached hydrogen (secondary N) is 1. The molecular formula is C32H48N2O2. The van der Waals surface area contributed by atoms with Crippen LogP contribution in [-0.2, 0) is 11.2 Å². The van der Waals surface area contributed by atoms with E-state index in [1.807, 2.05) is 19.2 Å². The average molecular weight is 495 g/mol. The summed E-state index contributed by atoms with van der Waals surface area (Å²) in [6.07, 6.45) is 24.2. The zero-order valence-electron chi connectivity index (χ0n) is 24.6. The third-order valence-corrected chi connectivity index (χ3v) is 7.07. The summed E-state index contributed by atoms with van der Waals surface area (Å²) < 4.78 is 23.6. The number of carbonyl (C=O) groups excluding carboxylic acids is 1. The second-order valence-corrected chi connectivity index (χ2v) is 10.1. The van der Waals surface area contributed by atoms with Gasteiger partial charge in [-0.15, -0.1) is 0 Å². The molecule has 4 heteroatoms. The van der Waals surface area contributed by atoms with E-state index in [-0.39, 0.29) is 12.0 Å². The van der Waals surface area contributed by atoms with Crippen molar-refractivity contribution in [3.63, 3.8) is 0 Å². The first kappa shape index (κ1) is 25.3. The van der Waals surface area contributed by atoms with Crippen molar-refractivity contribution in [1.29, 1.82) is 0 Å². The number of esters is 1. The molecule has 0 bridgehead atoms. The maximum Gasteiger partial charge on any atom is 0.311 e. The van der Waals surface area contributed by atoms with Crippen LogP contribution in [0, 0.1) is 0 Å². The van der Waals surface area contributed by atoms with Gasteiger partial charge in [-0.2, -0.15) is 0 Å². The molecule has 1 aromatic heterocycles. The van der Waals surface area contributed by atoms with E-state index in [1.54, 1.807) is 12.3 Å². The Labute approximate surface area is 222 Å². The highest BCUT2D eigenvalue weighted by molar-refractivity contribution is 5.91. The van der Waals surface area contributed by atoms with Crippen molar-refractivity contribution >= 4 is 16.9 Å². The van der Waals surface area contributed by atoms with Crippen LogP contribution < -0.4 is 4.74 Å². The number of allylic oxidation sites excluding steroid dienone is 4. The van der Waals surface area contributed by atoms with Crippen LogP contribution >= 0.6 is 0 Å². The van der Waals surface area contributed by atoms with E-state index in [4.69, 9.17) is 7.48 Å². The molecule has 0 saturated carbocycles. The predicted octanol–water partition coefficient (Wildman–Crippen LogP) is 8.52. The fraction of sp³-hybridized carbons (Fsp3) is 0.594. The SMILES string of the molecule is [2H]C([2H])(c1c[nH]c2cccc(OC(=O)CCCCCCC/C=C\C/C=C\CCCCC)c12)[C@H]1CCCN1C. The quantitative estimate of drug-likeness (QED) is 0.104. The van der Waals surface area contributed by atoms with Gasteiger partial charge in [0.25, 0.3) is 0 Å². The Hall–Kier alpha value is -2.33. The van der Waals surface area contributed by atoms with E-state index in [2.05, 4.69) is 41.1 Å². The minimum atomic E-state index is -1.54. The first-order chi connectivity index (χ1) is 18.4. The van der Waals surface area contributed by atoms with Gasteiger partial charge in [-0.3, -0.25) is 4.79 Å². The number of nitrogens with zero attached hydrogens (tertiary/aromatic N) is 1. The van der Waals surface area contributed by atoms with Crippen LogP contribution in [-0.4, -0.2) is 35.5 Å². The summed E-state index contributed by atoms with van der Waals surface area (Å²) in [5, 5.41) is 0.686. The molecule has 1 aliphatic rings. The zero-order valence-corrected chi connectivity index (χ0v) is 22.6. The lowest BCUT2D eigenvalue weighted by Crippen LogP contribution is -2.26. The minimum Gasteiger partial charge on any atom is -0.426 e. The molecule has 0 radical (unpaired) electrons. The number of aromatic amines is 1. The molecule has 1 N–H and O–H groups in total. The summed E-state index contributed by atoms with van der Waals surface area (Å²) in [5.74, 6) is 0.213. The molecule has 1 aromatic carbocycles. The van der Waals surface area contributed by atoms with Crippen LogP contribution in [0.4, 0.5) is 0 Å². The molecule has 1 aliphatic heterocycles. The molecule has 2 heterocycles. The molecule has 0 spiro atoms. The Morgan fingerprint density at radius 3 is 2.58 bits per heavy atom. The number of likely N-dealkylation sites (N-methyl/N-ethyl adjacent to an activating group) is 1. The summed E-state index contributed by atoms with van der Waals surface area (Å²) in [4.78, 5) is 17.9. The van der Waals surface area contributed by atoms with Crippen LogP contribution in [0.15, 0.2) is 48.7 Å². The number of unbranched alkanes of at least 4 members (excludes halogenated alkanes) is 8. The number of ether oxygens (including phenoxy) is 1. The highest BCUT2D eigenvalue weighted by Crippen LogP contribution is 2.32. The minimum absolute atomic E-state index is 0.182. The Kier molecular flexibility index (Phi) is 11.6. The Bertz CT molecular complexity index is 1040. The number of H-pyrrole nitrogens is 1. The fourth-order valence-electron chi connectivity index (χ4n) is 4.88. The first-order valence-corrected chi connectivity index (χ1v) is 14.3. The standard InChI is InChI=1S/C32H48N2O2/c1-3-4-5-6-7-8-9-10-11-12-13-14-15-16-17-23-31(35)36-30-22-18-21-29-32(30)27(26-33-29)25-28-20-19-24-34(28)2/h7-8,10-11,18,21-22,26,28,33H,3-6,9,12-17,19-20,23-25H2,1-2H3/b8-7-,11-10-/t28-/m1/s1/i25D2. The van der Waals surface area contributed by atoms with Gasteiger partial charge in [0, 0.05) is 32.3 Å². The van der Waals surface area contributed by atoms with Gasteiger partial charge in [-0.1, -0.05) is 69.4 Å². The summed E-state index contributed by atoms with van der Waals surface area (Å²) in [6, 6.07) is 5.35. The van der Waals surface area contributed by atoms with Crippen molar-refractivity contribution in [2.45, 2.75) is 109 Å². The van der Waals surface area contributed by atoms with Crippen LogP contribution in [0.2, 0.25) is 0 Å². The van der Waals surface area contributed by atoms with Gasteiger partial charge in [0.15, 0.2) is 0 Å². The fourth-order valence-corrected chi connectivity index (χ4v) is 4.88. The molecule has 0 aliphatic carbocycles. The molecule has 0 amide bonds. The van der Waals surface area contributed by atoms with Crippen molar-refractivity contribution < 1.29 is 12.3 Å². The molecule has 4 nitrogen and oxygen atoms in total. The molecule has 1 saturated heterocycles. The number of fused-ring (bicyclic) bond motifs is 1. The summed E-state index contributed by atoms with van der Waals surface area (Å²) in [6.45, 7) is 3.14. The van der Waals surface area contributed by atoms with Gasteiger partial charge in [-0.25, -0.2) is 0 Å². The zero-order chi connectivity index (χ0) is 27.2. The number of rotatable bonds is 17. The van der Waals surface area contributed by atoms with Gasteiger partial charge in [0.05, 0.1) is 0 Å². The van der Waals surface area contributed by atoms with Crippen LogP contribution in [0.1, 0.15) is 105 Å². The highest BCUT2D eigenvalue weighted by atomic mass is 16.5. The molecular weight excluding hydrogens is 444 g/mol. The van der Waals surface area contributed by atoms with Crippen LogP contribution in [0.25, 0.3) is 10.9 Å². The largest absolute Gasteiger partial charge is 0.426 e. The molecule has 36 heavy (non-hydrogen) atoms. The predicted molar refractivity (Wildman–Crippen MR) is 153 cm³/mol. The molecule has 198 valence electrons. The molecule has 3 rings (SSSR count). The lowest BCUT2D eigenvalue weighted by atomic mass is 10.0. The van der Waals surface area contributed by atoms with E-state index >= 15 is 0 Å². The summed E-state index contributed by atoms with van der Waals surface area (Å²) in [7, 11) is 1.98. The monoisotopic (exact) mass is 494 g/mol. The van der Waals surface area contributed by atoms with Gasteiger partial charge in [0.2, 0.25) is 0 Å². The maximum absolute atomic E-state index is 12.6. The molecule has 2 aromatic rings. The van der Waals surface area contributed by atoms with Crippen molar-refractivity contribution in [2.75, 3.05) is 13.6 Å². The van der Waals surface area contributed by atoms with Gasteiger partial charge in [0.1, 0.15) is 5.75 Å². The van der Waals surface area contributed by atoms with Gasteiger partial charge < -0.3 is 14.6 Å². The van der Waals surface area contributed by atoms with E-state index in [0.29, 0.717) is 23.1 Å². The van der Waals surface area contributed by atoms with E-state index in [1.165, 1.54) is 38.5 Å². The number of hydrogen-bond acceptors (Lipinski definition) is 3. The van der Waals surface area contributed by atoms with E-state index in [0.717, 1.165) is 57.0 Å². The van der Waals surface area contributed by atoms with E-state index in [9.17, 15) is 4.79 Å². The average Bonchev–Trinajstić information content (AvgIpc) is 3.54. The Morgan fingerprint density at radius 1 is 1.08 bits per heavy atom. The Morgan fingerprint density at radius 2 is 1.83 bits per heavy atom. The topological polar surface area (TPSA) is 45.3 Å². The number of hydrogen-bond donors (Lipinski definition) is 1. The lowest BCUT2D eigenvalue weighted by Gasteiger charge is -2.19. The number of carbonyl (C=O) groups is 1. The van der Waals surface area contributed by atoms with Crippen LogP contribution in [0.3, 0.4) is 0 Å². The van der Waals surface area contributed by atoms with Crippen molar-refractivity contribution in [3.8, 4) is 5.75 Å². The maximum atomic E-state index is 12.6. The molecule has 0 unspecified atom stereocenters. The number of aromatic nitrogens is 1. The van der Waals surface area contributed by atoms with Crippen molar-refractivity contribution in [2.24, 2.45) is 0 Å². The highest BCUT2D eigenvalue weighted by Gasteiger charge is 2.23. The van der Waals surface area contributed by atoms with Gasteiger partial charge in [-0.05, 0) is 89.0 Å². The number of likely N-dealkylation sites (tertiary alicyclic amines) is 1. The summed E-state index contributed by atoms with van der Waals surface area (Å²) in [5.41, 5.74) is 1.37. The second kappa shape index (κ2) is 16.4. The lowest BCUT2D eigenvalue weighted by molar-refractivity contribution is -0.134. The number of benzene rings is 1. The van der Waals surface area contributed by atoms with Crippen molar-refractivity contribution in [1.82, 2.24) is 9.88 Å². The second-order valence-electron chi connectivity index (χ2n) is 10.1. The first-order valence-electron chi connectivity index (χ1n) is 15.3. The summed E-state index contributed by atoms with van der Waals surface area (Å²) >= 11 is 0. The molecule has 1 atom stereocenters. The Balaban J connectivity index is 1.37.